The number of rotatable bonds is 1. The maximum atomic E-state index is 12.7. The van der Waals surface area contributed by atoms with E-state index in [1.165, 1.54) is 43.6 Å². The second kappa shape index (κ2) is 4.85. The Morgan fingerprint density at radius 3 is 2.88 bits per heavy atom. The predicted molar refractivity (Wildman–Crippen MR) is 96.1 cm³/mol. The number of hydrogen-bond acceptors (Lipinski definition) is 2. The highest BCUT2D eigenvalue weighted by molar-refractivity contribution is 5.96. The van der Waals surface area contributed by atoms with Crippen molar-refractivity contribution in [3.63, 3.8) is 0 Å². The van der Waals surface area contributed by atoms with E-state index in [1.54, 1.807) is 6.92 Å². The monoisotopic (exact) mass is 324 g/mol. The molecule has 2 saturated heterocycles. The maximum absolute atomic E-state index is 12.7. The Labute approximate surface area is 145 Å². The Kier molecular flexibility index (Phi) is 3.02. The molecule has 3 nitrogen and oxygen atoms in total. The molecule has 1 amide bonds. The number of fused-ring (bicyclic) bond motifs is 2. The molecule has 1 aromatic carbocycles. The van der Waals surface area contributed by atoms with Crippen molar-refractivity contribution >= 4 is 11.6 Å². The number of carbonyl (C=O) groups is 1. The average Bonchev–Trinajstić information content (AvgIpc) is 3.12. The van der Waals surface area contributed by atoms with Gasteiger partial charge in [-0.15, -0.1) is 0 Å². The van der Waals surface area contributed by atoms with Crippen LogP contribution in [0.25, 0.3) is 0 Å². The van der Waals surface area contributed by atoms with E-state index in [0.717, 1.165) is 11.8 Å². The minimum Gasteiger partial charge on any atom is -0.308 e. The van der Waals surface area contributed by atoms with E-state index in [0.29, 0.717) is 18.0 Å². The number of nitrogens with zero attached hydrogens (tertiary/aromatic N) is 2. The number of hydrogen-bond donors (Lipinski definition) is 0. The number of anilines is 1. The molecular weight excluding hydrogens is 296 g/mol. The third-order valence-electron chi connectivity index (χ3n) is 7.93. The molecule has 0 N–H and O–H groups in total. The Bertz CT molecular complexity index is 701. The van der Waals surface area contributed by atoms with Crippen LogP contribution in [0.3, 0.4) is 0 Å². The quantitative estimate of drug-likeness (QED) is 0.790. The van der Waals surface area contributed by atoms with Crippen LogP contribution >= 0.6 is 0 Å². The van der Waals surface area contributed by atoms with Gasteiger partial charge < -0.3 is 4.90 Å². The topological polar surface area (TPSA) is 23.6 Å². The number of amides is 1. The lowest BCUT2D eigenvalue weighted by Gasteiger charge is -2.57. The van der Waals surface area contributed by atoms with Gasteiger partial charge in [0, 0.05) is 30.6 Å². The molecule has 2 bridgehead atoms. The van der Waals surface area contributed by atoms with Crippen molar-refractivity contribution < 1.29 is 4.79 Å². The zero-order valence-corrected chi connectivity index (χ0v) is 15.0. The molecule has 1 aromatic rings. The molecule has 0 unspecified atom stereocenters. The lowest BCUT2D eigenvalue weighted by atomic mass is 9.54. The number of piperidine rings is 1. The largest absolute Gasteiger partial charge is 0.308 e. The Hall–Kier alpha value is -1.35. The van der Waals surface area contributed by atoms with Gasteiger partial charge in [0.05, 0.1) is 6.04 Å². The van der Waals surface area contributed by atoms with Gasteiger partial charge in [0.2, 0.25) is 5.91 Å². The molecule has 3 fully saturated rings. The maximum Gasteiger partial charge on any atom is 0.224 e. The summed E-state index contributed by atoms with van der Waals surface area (Å²) in [6, 6.07) is 9.76. The fourth-order valence-electron chi connectivity index (χ4n) is 7.10. The van der Waals surface area contributed by atoms with Gasteiger partial charge in [0.15, 0.2) is 0 Å². The summed E-state index contributed by atoms with van der Waals surface area (Å²) < 4.78 is 0. The van der Waals surface area contributed by atoms with Crippen molar-refractivity contribution in [1.82, 2.24) is 4.90 Å². The Morgan fingerprint density at radius 2 is 2.12 bits per heavy atom. The highest BCUT2D eigenvalue weighted by Crippen LogP contribution is 2.63. The summed E-state index contributed by atoms with van der Waals surface area (Å²) in [5, 5.41) is 0. The van der Waals surface area contributed by atoms with Gasteiger partial charge in [-0.05, 0) is 48.8 Å². The van der Waals surface area contributed by atoms with E-state index in [2.05, 4.69) is 47.9 Å². The molecule has 1 aliphatic carbocycles. The SMILES string of the molecule is CC[C@@H]1CN2CC[C@]34c5ccccc5N(C(C)=O)[C@H]3[C@@H](C)[C@H]1C[C@H]24. The van der Waals surface area contributed by atoms with Gasteiger partial charge in [0.1, 0.15) is 0 Å². The summed E-state index contributed by atoms with van der Waals surface area (Å²) in [5.41, 5.74) is 2.83. The van der Waals surface area contributed by atoms with Crippen LogP contribution in [0.4, 0.5) is 5.69 Å². The number of benzene rings is 1. The standard InChI is InChI=1S/C21H28N2O/c1-4-15-12-22-10-9-21-17-7-5-6-8-18(17)23(14(3)24)20(21)13(2)16(15)11-19(21)22/h5-8,13,15-16,19-20H,4,9-12H2,1-3H3/t13-,15+,16+,19-,20-,21+/m0/s1. The zero-order chi connectivity index (χ0) is 16.6. The fraction of sp³-hybridized carbons (Fsp3) is 0.667. The minimum absolute atomic E-state index is 0.177. The van der Waals surface area contributed by atoms with Crippen molar-refractivity contribution in [2.24, 2.45) is 17.8 Å². The highest BCUT2D eigenvalue weighted by Gasteiger charge is 2.67. The van der Waals surface area contributed by atoms with E-state index in [1.807, 2.05) is 0 Å². The number of para-hydroxylation sites is 1. The van der Waals surface area contributed by atoms with Crippen molar-refractivity contribution in [3.05, 3.63) is 29.8 Å². The van der Waals surface area contributed by atoms with E-state index in [4.69, 9.17) is 0 Å². The highest BCUT2D eigenvalue weighted by atomic mass is 16.2. The van der Waals surface area contributed by atoms with Gasteiger partial charge in [-0.1, -0.05) is 38.5 Å². The van der Waals surface area contributed by atoms with E-state index in [9.17, 15) is 4.79 Å². The van der Waals surface area contributed by atoms with Crippen LogP contribution in [0, 0.1) is 17.8 Å². The van der Waals surface area contributed by atoms with Crippen LogP contribution in [0.5, 0.6) is 0 Å². The lowest BCUT2D eigenvalue weighted by molar-refractivity contribution is -0.118. The van der Waals surface area contributed by atoms with Gasteiger partial charge in [-0.2, -0.15) is 0 Å². The van der Waals surface area contributed by atoms with E-state index in [-0.39, 0.29) is 11.3 Å². The van der Waals surface area contributed by atoms with E-state index >= 15 is 0 Å². The molecule has 0 aromatic heterocycles. The third kappa shape index (κ3) is 1.55. The van der Waals surface area contributed by atoms with Crippen molar-refractivity contribution in [2.45, 2.75) is 57.5 Å². The smallest absolute Gasteiger partial charge is 0.224 e. The summed E-state index contributed by atoms with van der Waals surface area (Å²) >= 11 is 0. The van der Waals surface area contributed by atoms with Crippen LogP contribution in [0.1, 0.15) is 45.6 Å². The summed E-state index contributed by atoms with van der Waals surface area (Å²) in [6.07, 6.45) is 3.82. The summed E-state index contributed by atoms with van der Waals surface area (Å²) in [4.78, 5) is 17.6. The number of carbonyl (C=O) groups excluding carboxylic acids is 1. The first-order valence-corrected chi connectivity index (χ1v) is 9.73. The molecule has 1 spiro atoms. The summed E-state index contributed by atoms with van der Waals surface area (Å²) in [7, 11) is 0. The van der Waals surface area contributed by atoms with Gasteiger partial charge in [0.25, 0.3) is 0 Å². The van der Waals surface area contributed by atoms with Gasteiger partial charge >= 0.3 is 0 Å². The molecule has 1 saturated carbocycles. The third-order valence-corrected chi connectivity index (χ3v) is 7.93. The molecule has 3 aliphatic heterocycles. The van der Waals surface area contributed by atoms with Crippen LogP contribution in [0.2, 0.25) is 0 Å². The summed E-state index contributed by atoms with van der Waals surface area (Å²) in [5.74, 6) is 2.37. The molecule has 24 heavy (non-hydrogen) atoms. The molecule has 3 heterocycles. The lowest BCUT2D eigenvalue weighted by Crippen LogP contribution is -2.65. The van der Waals surface area contributed by atoms with Crippen LogP contribution < -0.4 is 4.90 Å². The first kappa shape index (κ1) is 14.9. The first-order chi connectivity index (χ1) is 11.6. The van der Waals surface area contributed by atoms with Crippen LogP contribution in [0.15, 0.2) is 24.3 Å². The molecular formula is C21H28N2O. The second-order valence-electron chi connectivity index (χ2n) is 8.58. The minimum atomic E-state index is 0.177. The average molecular weight is 324 g/mol. The summed E-state index contributed by atoms with van der Waals surface area (Å²) in [6.45, 7) is 9.02. The van der Waals surface area contributed by atoms with Crippen LogP contribution in [-0.4, -0.2) is 36.0 Å². The Balaban J connectivity index is 1.73. The Morgan fingerprint density at radius 1 is 1.33 bits per heavy atom. The zero-order valence-electron chi connectivity index (χ0n) is 15.0. The van der Waals surface area contributed by atoms with E-state index < -0.39 is 0 Å². The van der Waals surface area contributed by atoms with Crippen LogP contribution in [-0.2, 0) is 10.2 Å². The molecule has 4 aliphatic rings. The molecule has 3 heteroatoms. The fourth-order valence-corrected chi connectivity index (χ4v) is 7.10. The normalized spacial score (nSPS) is 42.8. The second-order valence-corrected chi connectivity index (χ2v) is 8.58. The first-order valence-electron chi connectivity index (χ1n) is 9.73. The van der Waals surface area contributed by atoms with Gasteiger partial charge in [-0.25, -0.2) is 0 Å². The van der Waals surface area contributed by atoms with Crippen molar-refractivity contribution in [2.75, 3.05) is 18.0 Å². The molecule has 6 atom stereocenters. The van der Waals surface area contributed by atoms with Gasteiger partial charge in [-0.3, -0.25) is 9.69 Å². The molecule has 128 valence electrons. The van der Waals surface area contributed by atoms with Crippen molar-refractivity contribution in [1.29, 1.82) is 0 Å². The van der Waals surface area contributed by atoms with Crippen molar-refractivity contribution in [3.8, 4) is 0 Å². The molecule has 5 rings (SSSR count). The molecule has 0 radical (unpaired) electrons. The predicted octanol–water partition coefficient (Wildman–Crippen LogP) is 3.43.